The number of alkyl halides is 1. The fourth-order valence-corrected chi connectivity index (χ4v) is 0.295. The van der Waals surface area contributed by atoms with Crippen molar-refractivity contribution in [2.45, 2.75) is 6.92 Å². The first-order chi connectivity index (χ1) is 3.31. The van der Waals surface area contributed by atoms with E-state index in [-0.39, 0.29) is 11.3 Å². The van der Waals surface area contributed by atoms with E-state index in [1.54, 1.807) is 6.92 Å². The molecule has 0 aliphatic rings. The number of carbonyl (C=O) groups is 1. The highest BCUT2D eigenvalue weighted by Crippen LogP contribution is 1.85. The molecule has 0 saturated carbocycles. The van der Waals surface area contributed by atoms with Crippen molar-refractivity contribution in [1.82, 2.24) is 0 Å². The lowest BCUT2D eigenvalue weighted by Gasteiger charge is -1.91. The van der Waals surface area contributed by atoms with Gasteiger partial charge in [-0.15, -0.1) is 0 Å². The molecule has 0 aliphatic carbocycles. The average Bonchev–Trinajstić information content (AvgIpc) is 1.68. The smallest absolute Gasteiger partial charge is 0.316 e. The third kappa shape index (κ3) is 3.79. The maximum absolute atomic E-state index is 10.1. The summed E-state index contributed by atoms with van der Waals surface area (Å²) in [6.07, 6.45) is 0. The van der Waals surface area contributed by atoms with Crippen molar-refractivity contribution in [3.8, 4) is 0 Å². The number of ether oxygens (including phenoxy) is 1. The van der Waals surface area contributed by atoms with Gasteiger partial charge in [-0.3, -0.25) is 4.79 Å². The van der Waals surface area contributed by atoms with Crippen LogP contribution in [0.5, 0.6) is 0 Å². The Bertz CT molecular complexity index is 62.7. The maximum atomic E-state index is 10.1. The zero-order valence-corrected chi connectivity index (χ0v) is 5.56. The average molecular weight is 166 g/mol. The molecule has 0 atom stereocenters. The molecule has 0 aromatic carbocycles. The van der Waals surface area contributed by atoms with Crippen LogP contribution in [-0.2, 0) is 9.53 Å². The predicted molar refractivity (Wildman–Crippen MR) is 29.9 cm³/mol. The fraction of sp³-hybridized carbons (Fsp3) is 0.500. The number of halogens is 1. The molecular formula is C4H6BrO2. The molecule has 0 fully saturated rings. The quantitative estimate of drug-likeness (QED) is 0.453. The lowest BCUT2D eigenvalue weighted by Crippen LogP contribution is -2.00. The molecule has 0 saturated heterocycles. The van der Waals surface area contributed by atoms with Crippen molar-refractivity contribution in [3.05, 3.63) is 6.61 Å². The van der Waals surface area contributed by atoms with Crippen molar-refractivity contribution < 1.29 is 9.53 Å². The Labute approximate surface area is 51.0 Å². The first-order valence-corrected chi connectivity index (χ1v) is 2.96. The van der Waals surface area contributed by atoms with E-state index in [1.807, 2.05) is 0 Å². The minimum absolute atomic E-state index is 0.261. The van der Waals surface area contributed by atoms with Gasteiger partial charge in [0.2, 0.25) is 0 Å². The molecule has 0 rings (SSSR count). The summed E-state index contributed by atoms with van der Waals surface area (Å²) in [5.74, 6) is -0.262. The summed E-state index contributed by atoms with van der Waals surface area (Å²) >= 11 is 2.92. The normalized spacial score (nSPS) is 8.29. The van der Waals surface area contributed by atoms with Crippen molar-refractivity contribution >= 4 is 21.9 Å². The molecule has 2 nitrogen and oxygen atoms in total. The van der Waals surface area contributed by atoms with E-state index in [9.17, 15) is 4.79 Å². The van der Waals surface area contributed by atoms with Crippen LogP contribution >= 0.6 is 15.9 Å². The van der Waals surface area contributed by atoms with Gasteiger partial charge in [0.25, 0.3) is 0 Å². The number of hydrogen-bond donors (Lipinski definition) is 0. The molecule has 3 heteroatoms. The van der Waals surface area contributed by atoms with Crippen LogP contribution in [0.2, 0.25) is 0 Å². The van der Waals surface area contributed by atoms with Crippen LogP contribution in [0.15, 0.2) is 0 Å². The Morgan fingerprint density at radius 3 is 2.71 bits per heavy atom. The molecule has 41 valence electrons. The summed E-state index contributed by atoms with van der Waals surface area (Å²) in [5, 5.41) is 0.261. The Morgan fingerprint density at radius 1 is 2.00 bits per heavy atom. The predicted octanol–water partition coefficient (Wildman–Crippen LogP) is 1.11. The second-order valence-corrected chi connectivity index (χ2v) is 1.42. The van der Waals surface area contributed by atoms with Crippen LogP contribution in [0.1, 0.15) is 6.92 Å². The van der Waals surface area contributed by atoms with Crippen LogP contribution in [0.25, 0.3) is 0 Å². The maximum Gasteiger partial charge on any atom is 0.316 e. The standard InChI is InChI=1S/C4H6BrO2/c1-2-7-4(6)3-5/h2H,3H2,1H3. The summed E-state index contributed by atoms with van der Waals surface area (Å²) in [6, 6.07) is 0. The summed E-state index contributed by atoms with van der Waals surface area (Å²) in [5.41, 5.74) is 0. The van der Waals surface area contributed by atoms with Gasteiger partial charge in [0.1, 0.15) is 11.9 Å². The van der Waals surface area contributed by atoms with E-state index in [2.05, 4.69) is 20.7 Å². The van der Waals surface area contributed by atoms with Gasteiger partial charge in [0.15, 0.2) is 0 Å². The topological polar surface area (TPSA) is 26.3 Å². The van der Waals surface area contributed by atoms with Gasteiger partial charge in [0.05, 0.1) is 0 Å². The highest BCUT2D eigenvalue weighted by atomic mass is 79.9. The van der Waals surface area contributed by atoms with Gasteiger partial charge in [-0.25, -0.2) is 0 Å². The molecule has 0 unspecified atom stereocenters. The van der Waals surface area contributed by atoms with Crippen LogP contribution in [0, 0.1) is 6.61 Å². The first kappa shape index (κ1) is 6.95. The van der Waals surface area contributed by atoms with Crippen molar-refractivity contribution in [1.29, 1.82) is 0 Å². The molecule has 1 radical (unpaired) electrons. The van der Waals surface area contributed by atoms with Crippen molar-refractivity contribution in [2.75, 3.05) is 5.33 Å². The molecule has 0 heterocycles. The molecule has 0 aromatic rings. The summed E-state index contributed by atoms with van der Waals surface area (Å²) in [6.45, 7) is 3.00. The van der Waals surface area contributed by atoms with Crippen molar-refractivity contribution in [3.63, 3.8) is 0 Å². The molecule has 0 aromatic heterocycles. The van der Waals surface area contributed by atoms with E-state index in [1.165, 1.54) is 6.61 Å². The monoisotopic (exact) mass is 165 g/mol. The molecule has 0 spiro atoms. The Hall–Kier alpha value is -0.0500. The molecule has 7 heavy (non-hydrogen) atoms. The van der Waals surface area contributed by atoms with Crippen LogP contribution in [0.3, 0.4) is 0 Å². The van der Waals surface area contributed by atoms with Crippen LogP contribution in [0.4, 0.5) is 0 Å². The SMILES string of the molecule is C[CH]OC(=O)CBr. The van der Waals surface area contributed by atoms with Gasteiger partial charge in [-0.05, 0) is 6.92 Å². The fourth-order valence-electron chi connectivity index (χ4n) is 0.163. The highest BCUT2D eigenvalue weighted by Gasteiger charge is 1.93. The van der Waals surface area contributed by atoms with Gasteiger partial charge in [0, 0.05) is 0 Å². The third-order valence-electron chi connectivity index (χ3n) is 0.358. The largest absolute Gasteiger partial charge is 0.458 e. The molecule has 0 aliphatic heterocycles. The first-order valence-electron chi connectivity index (χ1n) is 1.84. The van der Waals surface area contributed by atoms with Gasteiger partial charge < -0.3 is 4.74 Å². The Morgan fingerprint density at radius 2 is 2.57 bits per heavy atom. The summed E-state index contributed by atoms with van der Waals surface area (Å²) in [7, 11) is 0. The Balaban J connectivity index is 3.00. The minimum Gasteiger partial charge on any atom is -0.458 e. The zero-order valence-electron chi connectivity index (χ0n) is 3.98. The Kier molecular flexibility index (Phi) is 4.09. The molecule has 0 amide bonds. The number of rotatable bonds is 2. The number of esters is 1. The van der Waals surface area contributed by atoms with Crippen molar-refractivity contribution in [2.24, 2.45) is 0 Å². The molecule has 0 N–H and O–H groups in total. The van der Waals surface area contributed by atoms with Crippen LogP contribution in [-0.4, -0.2) is 11.3 Å². The third-order valence-corrected chi connectivity index (χ3v) is 0.816. The van der Waals surface area contributed by atoms with E-state index < -0.39 is 0 Å². The van der Waals surface area contributed by atoms with Gasteiger partial charge in [-0.2, -0.15) is 0 Å². The second-order valence-electron chi connectivity index (χ2n) is 0.859. The van der Waals surface area contributed by atoms with E-state index in [0.29, 0.717) is 0 Å². The summed E-state index contributed by atoms with van der Waals surface area (Å²) in [4.78, 5) is 10.1. The van der Waals surface area contributed by atoms with E-state index in [0.717, 1.165) is 0 Å². The number of carbonyl (C=O) groups excluding carboxylic acids is 1. The minimum atomic E-state index is -0.262. The lowest BCUT2D eigenvalue weighted by atomic mass is 10.8. The van der Waals surface area contributed by atoms with Gasteiger partial charge in [-0.1, -0.05) is 15.9 Å². The zero-order chi connectivity index (χ0) is 5.70. The van der Waals surface area contributed by atoms with Gasteiger partial charge >= 0.3 is 5.97 Å². The molecule has 0 bridgehead atoms. The van der Waals surface area contributed by atoms with Crippen LogP contribution < -0.4 is 0 Å². The molecular weight excluding hydrogens is 160 g/mol. The van der Waals surface area contributed by atoms with E-state index in [4.69, 9.17) is 0 Å². The lowest BCUT2D eigenvalue weighted by molar-refractivity contribution is -0.136. The van der Waals surface area contributed by atoms with E-state index >= 15 is 0 Å². The highest BCUT2D eigenvalue weighted by molar-refractivity contribution is 9.09. The second kappa shape index (κ2) is 4.12. The number of hydrogen-bond acceptors (Lipinski definition) is 2. The summed E-state index contributed by atoms with van der Waals surface area (Å²) < 4.78 is 4.38.